The van der Waals surface area contributed by atoms with Crippen LogP contribution in [0.2, 0.25) is 5.02 Å². The van der Waals surface area contributed by atoms with Gasteiger partial charge in [-0.3, -0.25) is 9.20 Å². The average molecular weight is 347 g/mol. The van der Waals surface area contributed by atoms with Gasteiger partial charge in [-0.2, -0.15) is 0 Å². The molecule has 3 rings (SSSR count). The Morgan fingerprint density at radius 2 is 2.04 bits per heavy atom. The molecule has 0 saturated heterocycles. The molecule has 0 aliphatic rings. The van der Waals surface area contributed by atoms with Crippen LogP contribution in [-0.4, -0.2) is 25.8 Å². The Bertz CT molecular complexity index is 818. The maximum atomic E-state index is 12.2. The molecule has 1 amide bonds. The van der Waals surface area contributed by atoms with Gasteiger partial charge in [0.1, 0.15) is 0 Å². The van der Waals surface area contributed by atoms with Crippen molar-refractivity contribution in [2.45, 2.75) is 23.6 Å². The van der Waals surface area contributed by atoms with Gasteiger partial charge in [0.25, 0.3) is 0 Å². The minimum absolute atomic E-state index is 0.0439. The van der Waals surface area contributed by atoms with Crippen LogP contribution in [0.15, 0.2) is 53.6 Å². The van der Waals surface area contributed by atoms with Crippen LogP contribution in [0.5, 0.6) is 0 Å². The number of halogens is 1. The lowest BCUT2D eigenvalue weighted by atomic mass is 10.4. The molecule has 23 heavy (non-hydrogen) atoms. The van der Waals surface area contributed by atoms with E-state index in [1.807, 2.05) is 60.0 Å². The third-order valence-corrected chi connectivity index (χ3v) is 4.66. The number of nitrogens with zero attached hydrogens (tertiary/aromatic N) is 3. The molecule has 1 aromatic carbocycles. The number of aromatic nitrogens is 3. The van der Waals surface area contributed by atoms with E-state index in [0.717, 1.165) is 10.5 Å². The molecular weight excluding hydrogens is 332 g/mol. The van der Waals surface area contributed by atoms with E-state index in [4.69, 9.17) is 11.6 Å². The predicted octanol–water partition coefficient (Wildman–Crippen LogP) is 3.18. The molecule has 0 fully saturated rings. The summed E-state index contributed by atoms with van der Waals surface area (Å²) in [6, 6.07) is 13.1. The summed E-state index contributed by atoms with van der Waals surface area (Å²) >= 11 is 7.35. The number of hydrogen-bond donors (Lipinski definition) is 1. The maximum absolute atomic E-state index is 12.2. The minimum Gasteiger partial charge on any atom is -0.348 e. The lowest BCUT2D eigenvalue weighted by Crippen LogP contribution is -2.31. The average Bonchev–Trinajstić information content (AvgIpc) is 2.98. The smallest absolute Gasteiger partial charge is 0.233 e. The molecule has 0 bridgehead atoms. The lowest BCUT2D eigenvalue weighted by molar-refractivity contribution is -0.120. The van der Waals surface area contributed by atoms with Gasteiger partial charge < -0.3 is 5.32 Å². The fraction of sp³-hybridized carbons (Fsp3) is 0.188. The number of rotatable bonds is 5. The number of carbonyl (C=O) groups excluding carboxylic acids is 1. The SMILES string of the molecule is CC(Sc1ccc(Cl)cc1)C(=O)NCc1nnc2ccccn12. The van der Waals surface area contributed by atoms with Crippen LogP contribution >= 0.6 is 23.4 Å². The molecule has 7 heteroatoms. The molecule has 0 saturated carbocycles. The summed E-state index contributed by atoms with van der Waals surface area (Å²) in [5.41, 5.74) is 0.764. The number of benzene rings is 1. The Morgan fingerprint density at radius 3 is 2.83 bits per heavy atom. The number of fused-ring (bicyclic) bond motifs is 1. The van der Waals surface area contributed by atoms with E-state index in [9.17, 15) is 4.79 Å². The topological polar surface area (TPSA) is 59.3 Å². The molecule has 5 nitrogen and oxygen atoms in total. The van der Waals surface area contributed by atoms with Gasteiger partial charge in [-0.05, 0) is 43.3 Å². The highest BCUT2D eigenvalue weighted by atomic mass is 35.5. The van der Waals surface area contributed by atoms with Crippen molar-refractivity contribution in [2.24, 2.45) is 0 Å². The number of pyridine rings is 1. The first kappa shape index (κ1) is 15.8. The van der Waals surface area contributed by atoms with Gasteiger partial charge in [0.05, 0.1) is 11.8 Å². The second-order valence-corrected chi connectivity index (χ2v) is 6.83. The zero-order valence-corrected chi connectivity index (χ0v) is 14.0. The third-order valence-electron chi connectivity index (χ3n) is 3.30. The van der Waals surface area contributed by atoms with Crippen molar-refractivity contribution in [3.05, 3.63) is 59.5 Å². The van der Waals surface area contributed by atoms with Gasteiger partial charge in [-0.15, -0.1) is 22.0 Å². The maximum Gasteiger partial charge on any atom is 0.233 e. The first-order valence-corrected chi connectivity index (χ1v) is 8.38. The lowest BCUT2D eigenvalue weighted by Gasteiger charge is -2.11. The Morgan fingerprint density at radius 1 is 1.26 bits per heavy atom. The predicted molar refractivity (Wildman–Crippen MR) is 91.6 cm³/mol. The molecule has 2 aromatic heterocycles. The quantitative estimate of drug-likeness (QED) is 0.721. The fourth-order valence-electron chi connectivity index (χ4n) is 2.09. The third kappa shape index (κ3) is 3.83. The first-order valence-electron chi connectivity index (χ1n) is 7.12. The standard InChI is InChI=1S/C16H15ClN4OS/c1-11(23-13-7-5-12(17)6-8-13)16(22)18-10-15-20-19-14-4-2-3-9-21(14)15/h2-9,11H,10H2,1H3,(H,18,22). The van der Waals surface area contributed by atoms with Crippen molar-refractivity contribution in [1.29, 1.82) is 0 Å². The van der Waals surface area contributed by atoms with E-state index in [1.54, 1.807) is 0 Å². The largest absolute Gasteiger partial charge is 0.348 e. The number of hydrogen-bond acceptors (Lipinski definition) is 4. The summed E-state index contributed by atoms with van der Waals surface area (Å²) in [6.07, 6.45) is 1.88. The van der Waals surface area contributed by atoms with E-state index < -0.39 is 0 Å². The zero-order valence-electron chi connectivity index (χ0n) is 12.4. The summed E-state index contributed by atoms with van der Waals surface area (Å²) in [5, 5.41) is 11.5. The van der Waals surface area contributed by atoms with Crippen molar-refractivity contribution < 1.29 is 4.79 Å². The molecule has 1 N–H and O–H groups in total. The highest BCUT2D eigenvalue weighted by Gasteiger charge is 2.15. The van der Waals surface area contributed by atoms with Crippen molar-refractivity contribution >= 4 is 34.9 Å². The van der Waals surface area contributed by atoms with Crippen molar-refractivity contribution in [1.82, 2.24) is 19.9 Å². The van der Waals surface area contributed by atoms with Gasteiger partial charge in [-0.1, -0.05) is 17.7 Å². The van der Waals surface area contributed by atoms with Crippen LogP contribution in [0.1, 0.15) is 12.7 Å². The van der Waals surface area contributed by atoms with Crippen LogP contribution in [0, 0.1) is 0 Å². The highest BCUT2D eigenvalue weighted by molar-refractivity contribution is 8.00. The van der Waals surface area contributed by atoms with Crippen molar-refractivity contribution in [3.8, 4) is 0 Å². The van der Waals surface area contributed by atoms with Crippen molar-refractivity contribution in [2.75, 3.05) is 0 Å². The first-order chi connectivity index (χ1) is 11.1. The van der Waals surface area contributed by atoms with E-state index in [-0.39, 0.29) is 11.2 Å². The van der Waals surface area contributed by atoms with E-state index >= 15 is 0 Å². The number of thioether (sulfide) groups is 1. The van der Waals surface area contributed by atoms with Crippen LogP contribution in [0.25, 0.3) is 5.65 Å². The molecule has 3 aromatic rings. The van der Waals surface area contributed by atoms with Crippen LogP contribution < -0.4 is 5.32 Å². The summed E-state index contributed by atoms with van der Waals surface area (Å²) in [7, 11) is 0. The van der Waals surface area contributed by atoms with Crippen LogP contribution in [0.3, 0.4) is 0 Å². The van der Waals surface area contributed by atoms with E-state index in [2.05, 4.69) is 15.5 Å². The van der Waals surface area contributed by atoms with Crippen LogP contribution in [0.4, 0.5) is 0 Å². The summed E-state index contributed by atoms with van der Waals surface area (Å²) in [5.74, 6) is 0.662. The molecule has 0 aliphatic heterocycles. The number of amides is 1. The monoisotopic (exact) mass is 346 g/mol. The summed E-state index contributed by atoms with van der Waals surface area (Å²) in [4.78, 5) is 13.2. The van der Waals surface area contributed by atoms with Gasteiger partial charge in [0.2, 0.25) is 5.91 Å². The molecule has 1 unspecified atom stereocenters. The van der Waals surface area contributed by atoms with Crippen molar-refractivity contribution in [3.63, 3.8) is 0 Å². The molecule has 0 radical (unpaired) electrons. The molecule has 0 spiro atoms. The molecular formula is C16H15ClN4OS. The fourth-order valence-corrected chi connectivity index (χ4v) is 3.11. The van der Waals surface area contributed by atoms with Gasteiger partial charge in [0.15, 0.2) is 11.5 Å². The molecule has 0 aliphatic carbocycles. The Hall–Kier alpha value is -2.05. The molecule has 118 valence electrons. The van der Waals surface area contributed by atoms with E-state index in [0.29, 0.717) is 17.4 Å². The van der Waals surface area contributed by atoms with E-state index in [1.165, 1.54) is 11.8 Å². The molecule has 2 heterocycles. The number of carbonyl (C=O) groups is 1. The second kappa shape index (κ2) is 7.02. The summed E-state index contributed by atoms with van der Waals surface area (Å²) < 4.78 is 1.86. The van der Waals surface area contributed by atoms with Crippen LogP contribution in [-0.2, 0) is 11.3 Å². The van der Waals surface area contributed by atoms with Gasteiger partial charge in [0, 0.05) is 16.1 Å². The summed E-state index contributed by atoms with van der Waals surface area (Å²) in [6.45, 7) is 2.21. The number of nitrogens with one attached hydrogen (secondary N) is 1. The Balaban J connectivity index is 1.59. The zero-order chi connectivity index (χ0) is 16.2. The molecule has 1 atom stereocenters. The minimum atomic E-state index is -0.213. The highest BCUT2D eigenvalue weighted by Crippen LogP contribution is 2.24. The van der Waals surface area contributed by atoms with Gasteiger partial charge >= 0.3 is 0 Å². The normalized spacial score (nSPS) is 12.3. The Kier molecular flexibility index (Phi) is 4.83. The van der Waals surface area contributed by atoms with Gasteiger partial charge in [-0.25, -0.2) is 0 Å². The second-order valence-electron chi connectivity index (χ2n) is 4.98. The Labute approximate surface area is 143 Å².